The first-order chi connectivity index (χ1) is 19.2. The maximum atomic E-state index is 13.5. The van der Waals surface area contributed by atoms with E-state index >= 15 is 0 Å². The van der Waals surface area contributed by atoms with Gasteiger partial charge < -0.3 is 24.8 Å². The zero-order valence-corrected chi connectivity index (χ0v) is 25.9. The summed E-state index contributed by atoms with van der Waals surface area (Å²) in [7, 11) is 3.07. The van der Waals surface area contributed by atoms with E-state index in [-0.39, 0.29) is 37.3 Å². The number of thiophene rings is 1. The van der Waals surface area contributed by atoms with Crippen molar-refractivity contribution >= 4 is 51.8 Å². The number of aliphatic hydroxyl groups excluding tert-OH is 2. The lowest BCUT2D eigenvalue weighted by Gasteiger charge is -2.36. The number of phenolic OH excluding ortho intramolecular Hbond substituents is 1. The van der Waals surface area contributed by atoms with Gasteiger partial charge in [0.1, 0.15) is 0 Å². The highest BCUT2D eigenvalue weighted by Gasteiger charge is 2.54. The maximum absolute atomic E-state index is 13.5. The molecule has 1 saturated heterocycles. The number of rotatable bonds is 12. The van der Waals surface area contributed by atoms with E-state index in [4.69, 9.17) is 9.47 Å². The molecule has 40 heavy (non-hydrogen) atoms. The molecule has 1 aliphatic carbocycles. The monoisotopic (exact) mass is 681 g/mol. The predicted molar refractivity (Wildman–Crippen MR) is 162 cm³/mol. The summed E-state index contributed by atoms with van der Waals surface area (Å²) in [4.78, 5) is 29.1. The van der Waals surface area contributed by atoms with Gasteiger partial charge in [-0.05, 0) is 88.6 Å². The van der Waals surface area contributed by atoms with E-state index in [1.165, 1.54) is 23.3 Å². The lowest BCUT2D eigenvalue weighted by molar-refractivity contribution is -0.140. The zero-order chi connectivity index (χ0) is 29.0. The molecule has 0 radical (unpaired) electrons. The Morgan fingerprint density at radius 2 is 2.05 bits per heavy atom. The largest absolute Gasteiger partial charge is 0.504 e. The Morgan fingerprint density at radius 1 is 1.27 bits per heavy atom. The molecular formula is C30H36INO7S. The molecule has 0 spiro atoms. The number of likely N-dealkylation sites (tertiary alicyclic amines) is 1. The molecule has 1 aromatic heterocycles. The number of nitrogens with zero attached hydrogens (tertiary/aromatic N) is 1. The summed E-state index contributed by atoms with van der Waals surface area (Å²) in [6.45, 7) is 2.16. The number of hydrogen-bond donors (Lipinski definition) is 3. The molecule has 8 nitrogen and oxygen atoms in total. The molecule has 2 aromatic rings. The van der Waals surface area contributed by atoms with Crippen LogP contribution in [0.1, 0.15) is 43.0 Å². The molecule has 4 atom stereocenters. The van der Waals surface area contributed by atoms with Crippen LogP contribution in [0.3, 0.4) is 0 Å². The van der Waals surface area contributed by atoms with Gasteiger partial charge in [-0.2, -0.15) is 0 Å². The van der Waals surface area contributed by atoms with Crippen molar-refractivity contribution in [2.24, 2.45) is 17.8 Å². The quantitative estimate of drug-likeness (QED) is 0.168. The summed E-state index contributed by atoms with van der Waals surface area (Å²) in [6.07, 6.45) is 3.20. The standard InChI is InChI=1S/C30H36INO7S/c1-4-17(10-18-11-23(31)28(35)25(12-18)39-3)7-8-24(34)26-19(16-38-2)13-21-27(22(26)15-33)30(37)32(29(21)36)14-20-6-5-9-40-20/h5-6,9-12,21-22,24,27,33-35H,4,7-8,13-16H2,1-3H3/b17-10+/t21-,22+,24-,27-/m1/s1. The van der Waals surface area contributed by atoms with Crippen LogP contribution in [0, 0.1) is 21.3 Å². The van der Waals surface area contributed by atoms with Gasteiger partial charge in [-0.3, -0.25) is 14.5 Å². The number of carbonyl (C=O) groups is 2. The Morgan fingerprint density at radius 3 is 2.67 bits per heavy atom. The Kier molecular flexibility index (Phi) is 10.4. The number of hydrogen-bond acceptors (Lipinski definition) is 8. The van der Waals surface area contributed by atoms with E-state index in [0.29, 0.717) is 34.2 Å². The smallest absolute Gasteiger partial charge is 0.234 e. The topological polar surface area (TPSA) is 117 Å². The fourth-order valence-electron chi connectivity index (χ4n) is 5.94. The van der Waals surface area contributed by atoms with Gasteiger partial charge in [-0.1, -0.05) is 24.6 Å². The van der Waals surface area contributed by atoms with Crippen LogP contribution in [0.15, 0.2) is 46.4 Å². The molecular weight excluding hydrogens is 645 g/mol. The van der Waals surface area contributed by atoms with E-state index in [9.17, 15) is 24.9 Å². The second-order valence-electron chi connectivity index (χ2n) is 10.2. The number of methoxy groups -OCH3 is 2. The van der Waals surface area contributed by atoms with Crippen molar-refractivity contribution in [3.8, 4) is 11.5 Å². The molecule has 2 amide bonds. The Labute approximate surface area is 252 Å². The molecule has 2 aliphatic rings. The number of allylic oxidation sites excluding steroid dienone is 1. The summed E-state index contributed by atoms with van der Waals surface area (Å²) in [6, 6.07) is 7.43. The third-order valence-corrected chi connectivity index (χ3v) is 9.56. The summed E-state index contributed by atoms with van der Waals surface area (Å²) >= 11 is 3.55. The van der Waals surface area contributed by atoms with Crippen molar-refractivity contribution in [2.75, 3.05) is 27.4 Å². The van der Waals surface area contributed by atoms with Gasteiger partial charge in [-0.15, -0.1) is 11.3 Å². The number of aromatic hydroxyl groups is 1. The first-order valence-electron chi connectivity index (χ1n) is 13.4. The SMILES string of the molecule is CC/C(=C\c1cc(I)c(O)c(OC)c1)CC[C@@H](O)C1=C(COC)C[C@H]2C(=O)N(Cc3cccs3)C(=O)[C@H]2[C@H]1CO. The highest BCUT2D eigenvalue weighted by atomic mass is 127. The van der Waals surface area contributed by atoms with Crippen molar-refractivity contribution in [1.29, 1.82) is 0 Å². The molecule has 216 valence electrons. The number of halogens is 1. The minimum Gasteiger partial charge on any atom is -0.504 e. The van der Waals surface area contributed by atoms with Crippen LogP contribution in [0.25, 0.3) is 6.08 Å². The Bertz CT molecular complexity index is 1290. The Hall–Kier alpha value is -2.25. The molecule has 1 aliphatic heterocycles. The lowest BCUT2D eigenvalue weighted by atomic mass is 9.68. The highest BCUT2D eigenvalue weighted by Crippen LogP contribution is 2.47. The lowest BCUT2D eigenvalue weighted by Crippen LogP contribution is -2.39. The summed E-state index contributed by atoms with van der Waals surface area (Å²) in [5, 5.41) is 34.0. The van der Waals surface area contributed by atoms with Gasteiger partial charge in [0, 0.05) is 17.9 Å². The average Bonchev–Trinajstić information content (AvgIpc) is 3.54. The Balaban J connectivity index is 1.56. The van der Waals surface area contributed by atoms with Crippen molar-refractivity contribution in [2.45, 2.75) is 45.3 Å². The molecule has 10 heteroatoms. The van der Waals surface area contributed by atoms with Crippen LogP contribution in [0.5, 0.6) is 11.5 Å². The molecule has 2 heterocycles. The van der Waals surface area contributed by atoms with Gasteiger partial charge in [0.25, 0.3) is 0 Å². The van der Waals surface area contributed by atoms with Crippen LogP contribution in [0.4, 0.5) is 0 Å². The maximum Gasteiger partial charge on any atom is 0.234 e. The van der Waals surface area contributed by atoms with Crippen molar-refractivity contribution in [1.82, 2.24) is 4.90 Å². The van der Waals surface area contributed by atoms with Crippen LogP contribution >= 0.6 is 33.9 Å². The van der Waals surface area contributed by atoms with Crippen molar-refractivity contribution in [3.05, 3.63) is 60.4 Å². The van der Waals surface area contributed by atoms with Gasteiger partial charge >= 0.3 is 0 Å². The first kappa shape index (κ1) is 30.7. The molecule has 1 aromatic carbocycles. The summed E-state index contributed by atoms with van der Waals surface area (Å²) in [5.41, 5.74) is 3.40. The van der Waals surface area contributed by atoms with Crippen LogP contribution in [0.2, 0.25) is 0 Å². The minimum atomic E-state index is -0.901. The van der Waals surface area contributed by atoms with Gasteiger partial charge in [0.15, 0.2) is 11.5 Å². The number of ether oxygens (including phenoxy) is 2. The predicted octanol–water partition coefficient (Wildman–Crippen LogP) is 4.76. The third kappa shape index (κ3) is 6.30. The molecule has 0 unspecified atom stereocenters. The highest BCUT2D eigenvalue weighted by molar-refractivity contribution is 14.1. The van der Waals surface area contributed by atoms with Gasteiger partial charge in [0.05, 0.1) is 48.4 Å². The number of imide groups is 1. The van der Waals surface area contributed by atoms with Crippen molar-refractivity contribution < 1.29 is 34.4 Å². The second kappa shape index (κ2) is 13.6. The van der Waals surface area contributed by atoms with E-state index in [2.05, 4.69) is 22.6 Å². The molecule has 1 fully saturated rings. The molecule has 4 rings (SSSR count). The van der Waals surface area contributed by atoms with Crippen LogP contribution in [-0.4, -0.2) is 65.6 Å². The minimum absolute atomic E-state index is 0.103. The number of benzene rings is 1. The fraction of sp³-hybridized carbons (Fsp3) is 0.467. The normalized spacial score (nSPS) is 22.2. The second-order valence-corrected chi connectivity index (χ2v) is 12.4. The van der Waals surface area contributed by atoms with E-state index in [1.54, 1.807) is 13.2 Å². The summed E-state index contributed by atoms with van der Waals surface area (Å²) in [5.74, 6) is -1.92. The summed E-state index contributed by atoms with van der Waals surface area (Å²) < 4.78 is 11.4. The van der Waals surface area contributed by atoms with Gasteiger partial charge in [-0.25, -0.2) is 0 Å². The van der Waals surface area contributed by atoms with Crippen LogP contribution in [-0.2, 0) is 20.9 Å². The number of aliphatic hydroxyl groups is 2. The average molecular weight is 682 g/mol. The number of amides is 2. The number of fused-ring (bicyclic) bond motifs is 1. The molecule has 0 saturated carbocycles. The van der Waals surface area contributed by atoms with Gasteiger partial charge in [0.2, 0.25) is 11.8 Å². The first-order valence-corrected chi connectivity index (χ1v) is 15.3. The van der Waals surface area contributed by atoms with Crippen molar-refractivity contribution in [3.63, 3.8) is 0 Å². The fourth-order valence-corrected chi connectivity index (χ4v) is 7.26. The van der Waals surface area contributed by atoms with E-state index in [1.807, 2.05) is 36.6 Å². The zero-order valence-electron chi connectivity index (χ0n) is 22.9. The third-order valence-electron chi connectivity index (χ3n) is 7.88. The number of carbonyl (C=O) groups excluding carboxylic acids is 2. The molecule has 0 bridgehead atoms. The van der Waals surface area contributed by atoms with E-state index in [0.717, 1.165) is 28.0 Å². The van der Waals surface area contributed by atoms with Crippen LogP contribution < -0.4 is 4.74 Å². The number of phenols is 1. The molecule has 3 N–H and O–H groups in total. The van der Waals surface area contributed by atoms with E-state index < -0.39 is 23.9 Å².